The van der Waals surface area contributed by atoms with Gasteiger partial charge in [0.15, 0.2) is 0 Å². The van der Waals surface area contributed by atoms with Crippen LogP contribution in [-0.4, -0.2) is 48.6 Å². The van der Waals surface area contributed by atoms with Crippen LogP contribution in [0.4, 0.5) is 4.79 Å². The third-order valence-electron chi connectivity index (χ3n) is 4.33. The van der Waals surface area contributed by atoms with Crippen molar-refractivity contribution in [2.24, 2.45) is 5.92 Å². The van der Waals surface area contributed by atoms with E-state index in [0.717, 1.165) is 5.56 Å². The highest BCUT2D eigenvalue weighted by Crippen LogP contribution is 2.18. The van der Waals surface area contributed by atoms with Gasteiger partial charge in [0.2, 0.25) is 5.91 Å². The number of nitrogens with one attached hydrogen (secondary N) is 1. The zero-order chi connectivity index (χ0) is 18.9. The minimum Gasteiger partial charge on any atom is -0.464 e. The first-order chi connectivity index (χ1) is 12.5. The summed E-state index contributed by atoms with van der Waals surface area (Å²) in [5, 5.41) is 2.68. The lowest BCUT2D eigenvalue weighted by Crippen LogP contribution is -2.47. The lowest BCUT2D eigenvalue weighted by atomic mass is 9.96. The largest absolute Gasteiger partial charge is 0.464 e. The quantitative estimate of drug-likeness (QED) is 0.784. The number of amides is 2. The fourth-order valence-corrected chi connectivity index (χ4v) is 2.79. The van der Waals surface area contributed by atoms with Gasteiger partial charge in [0.05, 0.1) is 6.61 Å². The molecule has 7 heteroatoms. The van der Waals surface area contributed by atoms with Crippen LogP contribution in [0.3, 0.4) is 0 Å². The molecule has 1 aromatic carbocycles. The Hall–Kier alpha value is -2.57. The van der Waals surface area contributed by atoms with Gasteiger partial charge < -0.3 is 19.7 Å². The normalized spacial score (nSPS) is 15.8. The second kappa shape index (κ2) is 9.79. The van der Waals surface area contributed by atoms with Crippen molar-refractivity contribution < 1.29 is 23.9 Å². The first kappa shape index (κ1) is 19.8. The topological polar surface area (TPSA) is 84.9 Å². The summed E-state index contributed by atoms with van der Waals surface area (Å²) < 4.78 is 10.2. The van der Waals surface area contributed by atoms with E-state index in [-0.39, 0.29) is 31.1 Å². The molecule has 0 radical (unpaired) electrons. The van der Waals surface area contributed by atoms with E-state index in [1.807, 2.05) is 30.3 Å². The summed E-state index contributed by atoms with van der Waals surface area (Å²) in [6.45, 7) is 4.75. The summed E-state index contributed by atoms with van der Waals surface area (Å²) in [5.41, 5.74) is 0.933. The number of esters is 1. The van der Waals surface area contributed by atoms with E-state index in [0.29, 0.717) is 25.9 Å². The average Bonchev–Trinajstić information content (AvgIpc) is 2.67. The van der Waals surface area contributed by atoms with E-state index >= 15 is 0 Å². The van der Waals surface area contributed by atoms with Gasteiger partial charge >= 0.3 is 12.1 Å². The molecule has 0 spiro atoms. The Morgan fingerprint density at radius 3 is 2.42 bits per heavy atom. The van der Waals surface area contributed by atoms with Crippen LogP contribution in [0.1, 0.15) is 32.3 Å². The zero-order valence-electron chi connectivity index (χ0n) is 15.3. The SMILES string of the molecule is CCOC(=O)C(C)NC(=O)C1CCN(C(=O)OCc2ccccc2)CC1. The second-order valence-corrected chi connectivity index (χ2v) is 6.28. The highest BCUT2D eigenvalue weighted by molar-refractivity contribution is 5.85. The first-order valence-electron chi connectivity index (χ1n) is 8.94. The third kappa shape index (κ3) is 5.75. The number of carbonyl (C=O) groups excluding carboxylic acids is 3. The molecule has 0 aromatic heterocycles. The lowest BCUT2D eigenvalue weighted by molar-refractivity contribution is -0.147. The Morgan fingerprint density at radius 1 is 1.15 bits per heavy atom. The predicted molar refractivity (Wildman–Crippen MR) is 95.2 cm³/mol. The molecule has 26 heavy (non-hydrogen) atoms. The number of ether oxygens (including phenoxy) is 2. The van der Waals surface area contributed by atoms with Crippen LogP contribution in [0.5, 0.6) is 0 Å². The van der Waals surface area contributed by atoms with Gasteiger partial charge in [-0.1, -0.05) is 30.3 Å². The number of piperidine rings is 1. The second-order valence-electron chi connectivity index (χ2n) is 6.28. The molecular weight excluding hydrogens is 336 g/mol. The van der Waals surface area contributed by atoms with Crippen molar-refractivity contribution in [3.05, 3.63) is 35.9 Å². The number of likely N-dealkylation sites (tertiary alicyclic amines) is 1. The molecule has 2 amide bonds. The lowest BCUT2D eigenvalue weighted by Gasteiger charge is -2.31. The van der Waals surface area contributed by atoms with Gasteiger partial charge in [-0.05, 0) is 32.3 Å². The van der Waals surface area contributed by atoms with Gasteiger partial charge in [-0.2, -0.15) is 0 Å². The minimum absolute atomic E-state index is 0.178. The number of nitrogens with zero attached hydrogens (tertiary/aromatic N) is 1. The standard InChI is InChI=1S/C19H26N2O5/c1-3-25-18(23)14(2)20-17(22)16-9-11-21(12-10-16)19(24)26-13-15-7-5-4-6-8-15/h4-8,14,16H,3,9-13H2,1-2H3,(H,20,22). The Labute approximate surface area is 153 Å². The summed E-state index contributed by atoms with van der Waals surface area (Å²) in [6.07, 6.45) is 0.719. The maximum absolute atomic E-state index is 12.3. The molecule has 1 unspecified atom stereocenters. The Morgan fingerprint density at radius 2 is 1.81 bits per heavy atom. The maximum atomic E-state index is 12.3. The van der Waals surface area contributed by atoms with Crippen LogP contribution in [-0.2, 0) is 25.7 Å². The molecule has 1 heterocycles. The van der Waals surface area contributed by atoms with E-state index in [4.69, 9.17) is 9.47 Å². The van der Waals surface area contributed by atoms with Crippen LogP contribution in [0.15, 0.2) is 30.3 Å². The Balaban J connectivity index is 1.73. The minimum atomic E-state index is -0.670. The highest BCUT2D eigenvalue weighted by Gasteiger charge is 2.29. The molecule has 2 rings (SSSR count). The maximum Gasteiger partial charge on any atom is 0.410 e. The summed E-state index contributed by atoms with van der Waals surface area (Å²) in [6, 6.07) is 8.82. The molecule has 1 saturated heterocycles. The first-order valence-corrected chi connectivity index (χ1v) is 8.94. The van der Waals surface area contributed by atoms with Crippen molar-refractivity contribution >= 4 is 18.0 Å². The summed E-state index contributed by atoms with van der Waals surface area (Å²) in [7, 11) is 0. The Bertz CT molecular complexity index is 612. The highest BCUT2D eigenvalue weighted by atomic mass is 16.6. The number of hydrogen-bond donors (Lipinski definition) is 1. The van der Waals surface area contributed by atoms with Crippen LogP contribution in [0.25, 0.3) is 0 Å². The number of benzene rings is 1. The van der Waals surface area contributed by atoms with Crippen molar-refractivity contribution in [3.63, 3.8) is 0 Å². The van der Waals surface area contributed by atoms with Gasteiger partial charge in [0, 0.05) is 19.0 Å². The molecule has 0 bridgehead atoms. The molecule has 1 aliphatic rings. The Kier molecular flexibility index (Phi) is 7.44. The van der Waals surface area contributed by atoms with Crippen molar-refractivity contribution in [3.8, 4) is 0 Å². The molecule has 1 aliphatic heterocycles. The number of hydrogen-bond acceptors (Lipinski definition) is 5. The van der Waals surface area contributed by atoms with Crippen LogP contribution >= 0.6 is 0 Å². The fourth-order valence-electron chi connectivity index (χ4n) is 2.79. The molecule has 1 aromatic rings. The summed E-state index contributed by atoms with van der Waals surface area (Å²) >= 11 is 0. The third-order valence-corrected chi connectivity index (χ3v) is 4.33. The van der Waals surface area contributed by atoms with Crippen LogP contribution in [0.2, 0.25) is 0 Å². The van der Waals surface area contributed by atoms with Crippen molar-refractivity contribution in [1.82, 2.24) is 10.2 Å². The molecule has 1 fully saturated rings. The zero-order valence-corrected chi connectivity index (χ0v) is 15.3. The van der Waals surface area contributed by atoms with E-state index < -0.39 is 12.0 Å². The summed E-state index contributed by atoms with van der Waals surface area (Å²) in [5.74, 6) is -0.837. The summed E-state index contributed by atoms with van der Waals surface area (Å²) in [4.78, 5) is 37.6. The van der Waals surface area contributed by atoms with E-state index in [1.54, 1.807) is 18.7 Å². The number of rotatable bonds is 6. The molecule has 1 N–H and O–H groups in total. The van der Waals surface area contributed by atoms with Gasteiger partial charge in [-0.25, -0.2) is 9.59 Å². The monoisotopic (exact) mass is 362 g/mol. The van der Waals surface area contributed by atoms with E-state index in [2.05, 4.69) is 5.32 Å². The van der Waals surface area contributed by atoms with Gasteiger partial charge in [-0.15, -0.1) is 0 Å². The van der Waals surface area contributed by atoms with E-state index in [1.165, 1.54) is 0 Å². The van der Waals surface area contributed by atoms with Crippen LogP contribution in [0, 0.1) is 5.92 Å². The molecule has 142 valence electrons. The van der Waals surface area contributed by atoms with Gasteiger partial charge in [0.1, 0.15) is 12.6 Å². The molecule has 0 aliphatic carbocycles. The van der Waals surface area contributed by atoms with Crippen LogP contribution < -0.4 is 5.32 Å². The molecule has 0 saturated carbocycles. The molecular formula is C19H26N2O5. The van der Waals surface area contributed by atoms with E-state index in [9.17, 15) is 14.4 Å². The smallest absolute Gasteiger partial charge is 0.410 e. The van der Waals surface area contributed by atoms with Gasteiger partial charge in [-0.3, -0.25) is 4.79 Å². The molecule has 7 nitrogen and oxygen atoms in total. The number of carbonyl (C=O) groups is 3. The fraction of sp³-hybridized carbons (Fsp3) is 0.526. The van der Waals surface area contributed by atoms with Gasteiger partial charge in [0.25, 0.3) is 0 Å². The van der Waals surface area contributed by atoms with Crippen molar-refractivity contribution in [2.75, 3.05) is 19.7 Å². The van der Waals surface area contributed by atoms with Crippen molar-refractivity contribution in [2.45, 2.75) is 39.3 Å². The predicted octanol–water partition coefficient (Wildman–Crippen LogP) is 2.10. The van der Waals surface area contributed by atoms with Crippen molar-refractivity contribution in [1.29, 1.82) is 0 Å². The molecule has 1 atom stereocenters. The average molecular weight is 362 g/mol.